The summed E-state index contributed by atoms with van der Waals surface area (Å²) in [5.41, 5.74) is 1.13. The van der Waals surface area contributed by atoms with E-state index < -0.39 is 0 Å². The second kappa shape index (κ2) is 7.21. The maximum absolute atomic E-state index is 13.7. The summed E-state index contributed by atoms with van der Waals surface area (Å²) >= 11 is 6.55. The van der Waals surface area contributed by atoms with E-state index in [9.17, 15) is 10.1 Å². The third-order valence-corrected chi connectivity index (χ3v) is 7.10. The fraction of sp³-hybridized carbons (Fsp3) is 0.591. The van der Waals surface area contributed by atoms with Crippen LogP contribution in [0.5, 0.6) is 5.75 Å². The molecule has 0 aromatic carbocycles. The van der Waals surface area contributed by atoms with Gasteiger partial charge in [-0.1, -0.05) is 18.5 Å². The fourth-order valence-corrected chi connectivity index (χ4v) is 5.72. The van der Waals surface area contributed by atoms with Crippen LogP contribution >= 0.6 is 11.6 Å². The van der Waals surface area contributed by atoms with Crippen LogP contribution in [0.1, 0.15) is 57.9 Å². The summed E-state index contributed by atoms with van der Waals surface area (Å²) < 4.78 is 5.31. The maximum atomic E-state index is 13.7. The highest BCUT2D eigenvalue weighted by Gasteiger charge is 2.48. The molecule has 4 rings (SSSR count). The number of halogens is 1. The Balaban J connectivity index is 1.68. The molecule has 0 radical (unpaired) electrons. The van der Waals surface area contributed by atoms with Crippen LogP contribution in [-0.4, -0.2) is 40.0 Å². The number of methoxy groups -OCH3 is 1. The van der Waals surface area contributed by atoms with E-state index in [0.29, 0.717) is 22.3 Å². The summed E-state index contributed by atoms with van der Waals surface area (Å²) in [7, 11) is 1.55. The average Bonchev–Trinajstić information content (AvgIpc) is 3.11. The van der Waals surface area contributed by atoms with Crippen molar-refractivity contribution in [3.63, 3.8) is 0 Å². The number of piperidine rings is 2. The zero-order chi connectivity index (χ0) is 20.9. The molecule has 154 valence electrons. The van der Waals surface area contributed by atoms with Gasteiger partial charge in [-0.2, -0.15) is 5.26 Å². The second-order valence-corrected chi connectivity index (χ2v) is 9.42. The van der Waals surface area contributed by atoms with Crippen LogP contribution in [0, 0.1) is 22.7 Å². The molecular formula is C22H27ClN4O2. The molecule has 2 aromatic heterocycles. The molecule has 1 amide bonds. The molecule has 29 heavy (non-hydrogen) atoms. The van der Waals surface area contributed by atoms with E-state index in [2.05, 4.69) is 27.9 Å². The van der Waals surface area contributed by atoms with Crippen molar-refractivity contribution >= 4 is 28.5 Å². The zero-order valence-electron chi connectivity index (χ0n) is 17.3. The summed E-state index contributed by atoms with van der Waals surface area (Å²) in [6, 6.07) is 2.73. The van der Waals surface area contributed by atoms with Crippen molar-refractivity contribution in [2.75, 3.05) is 7.11 Å². The largest absolute Gasteiger partial charge is 0.494 e. The van der Waals surface area contributed by atoms with Crippen LogP contribution in [0.15, 0.2) is 12.4 Å². The summed E-state index contributed by atoms with van der Waals surface area (Å²) in [5.74, 6) is 0.809. The van der Waals surface area contributed by atoms with Crippen molar-refractivity contribution < 1.29 is 9.53 Å². The lowest BCUT2D eigenvalue weighted by atomic mass is 9.67. The van der Waals surface area contributed by atoms with Crippen LogP contribution in [0.3, 0.4) is 0 Å². The number of nitrogens with zero attached hydrogens (tertiary/aromatic N) is 3. The molecule has 3 atom stereocenters. The van der Waals surface area contributed by atoms with Gasteiger partial charge < -0.3 is 14.6 Å². The molecule has 1 N–H and O–H groups in total. The Kier molecular flexibility index (Phi) is 4.98. The van der Waals surface area contributed by atoms with Gasteiger partial charge in [0.05, 0.1) is 35.7 Å². The minimum atomic E-state index is -0.361. The fourth-order valence-electron chi connectivity index (χ4n) is 5.39. The monoisotopic (exact) mass is 414 g/mol. The van der Waals surface area contributed by atoms with E-state index in [1.165, 1.54) is 0 Å². The summed E-state index contributed by atoms with van der Waals surface area (Å²) in [4.78, 5) is 23.2. The summed E-state index contributed by atoms with van der Waals surface area (Å²) in [5, 5.41) is 10.9. The minimum absolute atomic E-state index is 0.103. The standard InChI is InChI=1S/C22H27ClN4O2/c1-12-5-14-7-22(3,11-24)8-15(6-12)27(14)21(28)13(2)16-9-25-20-18(16)19(23)17(29-4)10-26-20/h9-10,12-15H,5-8H2,1-4H3,(H,25,26). The Morgan fingerprint density at radius 1 is 1.45 bits per heavy atom. The molecule has 2 aromatic rings. The molecule has 0 saturated carbocycles. The number of nitrogens with one attached hydrogen (secondary N) is 1. The Labute approximate surface area is 176 Å². The Morgan fingerprint density at radius 2 is 2.10 bits per heavy atom. The number of ether oxygens (including phenoxy) is 1. The van der Waals surface area contributed by atoms with E-state index in [4.69, 9.17) is 16.3 Å². The summed E-state index contributed by atoms with van der Waals surface area (Å²) in [6.07, 6.45) is 6.80. The van der Waals surface area contributed by atoms with Crippen molar-refractivity contribution in [1.82, 2.24) is 14.9 Å². The highest BCUT2D eigenvalue weighted by atomic mass is 35.5. The number of amides is 1. The normalized spacial score (nSPS) is 30.1. The van der Waals surface area contributed by atoms with Gasteiger partial charge in [-0.15, -0.1) is 0 Å². The average molecular weight is 415 g/mol. The number of aromatic nitrogens is 2. The molecular weight excluding hydrogens is 388 g/mol. The number of carbonyl (C=O) groups is 1. The molecule has 0 aliphatic carbocycles. The van der Waals surface area contributed by atoms with E-state index in [1.807, 2.05) is 20.0 Å². The number of fused-ring (bicyclic) bond motifs is 3. The van der Waals surface area contributed by atoms with Gasteiger partial charge in [0.15, 0.2) is 5.75 Å². The van der Waals surface area contributed by atoms with E-state index >= 15 is 0 Å². The van der Waals surface area contributed by atoms with Gasteiger partial charge >= 0.3 is 0 Å². The first-order chi connectivity index (χ1) is 13.8. The second-order valence-electron chi connectivity index (χ2n) is 9.04. The molecule has 6 nitrogen and oxygen atoms in total. The first kappa shape index (κ1) is 20.0. The molecule has 2 fully saturated rings. The number of H-pyrrole nitrogens is 1. The zero-order valence-corrected chi connectivity index (χ0v) is 18.1. The lowest BCUT2D eigenvalue weighted by Gasteiger charge is -2.53. The molecule has 4 heterocycles. The quantitative estimate of drug-likeness (QED) is 0.792. The Hall–Kier alpha value is -2.26. The Morgan fingerprint density at radius 3 is 2.69 bits per heavy atom. The van der Waals surface area contributed by atoms with Crippen molar-refractivity contribution in [2.24, 2.45) is 11.3 Å². The van der Waals surface area contributed by atoms with E-state index in [1.54, 1.807) is 13.3 Å². The number of aromatic amines is 1. The number of hydrogen-bond donors (Lipinski definition) is 1. The minimum Gasteiger partial charge on any atom is -0.494 e. The molecule has 7 heteroatoms. The number of rotatable bonds is 3. The van der Waals surface area contributed by atoms with Crippen molar-refractivity contribution in [2.45, 2.75) is 64.5 Å². The van der Waals surface area contributed by atoms with Crippen LogP contribution in [0.4, 0.5) is 0 Å². The smallest absolute Gasteiger partial charge is 0.230 e. The first-order valence-electron chi connectivity index (χ1n) is 10.2. The summed E-state index contributed by atoms with van der Waals surface area (Å²) in [6.45, 7) is 6.21. The van der Waals surface area contributed by atoms with Crippen LogP contribution in [0.2, 0.25) is 5.02 Å². The molecule has 2 bridgehead atoms. The molecule has 2 saturated heterocycles. The van der Waals surface area contributed by atoms with Gasteiger partial charge in [-0.3, -0.25) is 4.79 Å². The van der Waals surface area contributed by atoms with Crippen LogP contribution in [-0.2, 0) is 4.79 Å². The lowest BCUT2D eigenvalue weighted by molar-refractivity contribution is -0.146. The highest BCUT2D eigenvalue weighted by molar-refractivity contribution is 6.37. The van der Waals surface area contributed by atoms with Gasteiger partial charge in [0.1, 0.15) is 5.65 Å². The van der Waals surface area contributed by atoms with E-state index in [-0.39, 0.29) is 29.3 Å². The molecule has 2 aliphatic rings. The van der Waals surface area contributed by atoms with Crippen molar-refractivity contribution in [1.29, 1.82) is 5.26 Å². The predicted molar refractivity (Wildman–Crippen MR) is 112 cm³/mol. The van der Waals surface area contributed by atoms with Gasteiger partial charge in [-0.25, -0.2) is 4.98 Å². The highest BCUT2D eigenvalue weighted by Crippen LogP contribution is 2.46. The van der Waals surface area contributed by atoms with Gasteiger partial charge in [0.2, 0.25) is 5.91 Å². The van der Waals surface area contributed by atoms with Crippen LogP contribution < -0.4 is 4.74 Å². The topological polar surface area (TPSA) is 82.0 Å². The molecule has 2 aliphatic heterocycles. The van der Waals surface area contributed by atoms with Gasteiger partial charge in [-0.05, 0) is 51.0 Å². The molecule has 0 spiro atoms. The number of carbonyl (C=O) groups excluding carboxylic acids is 1. The van der Waals surface area contributed by atoms with Crippen molar-refractivity contribution in [3.05, 3.63) is 23.0 Å². The van der Waals surface area contributed by atoms with Gasteiger partial charge in [0, 0.05) is 23.7 Å². The van der Waals surface area contributed by atoms with Gasteiger partial charge in [0.25, 0.3) is 0 Å². The van der Waals surface area contributed by atoms with Crippen molar-refractivity contribution in [3.8, 4) is 11.8 Å². The van der Waals surface area contributed by atoms with Crippen LogP contribution in [0.25, 0.3) is 11.0 Å². The maximum Gasteiger partial charge on any atom is 0.230 e. The number of nitriles is 1. The SMILES string of the molecule is COc1cnc2[nH]cc(C(C)C(=O)N3C4CC(C)CC3CC(C)(C#N)C4)c2c1Cl. The van der Waals surface area contributed by atoms with E-state index in [0.717, 1.165) is 36.6 Å². The first-order valence-corrected chi connectivity index (χ1v) is 10.6. The molecule has 3 unspecified atom stereocenters. The Bertz CT molecular complexity index is 979. The number of pyridine rings is 1. The number of hydrogen-bond acceptors (Lipinski definition) is 4. The third-order valence-electron chi connectivity index (χ3n) is 6.73. The third kappa shape index (κ3) is 3.26. The lowest BCUT2D eigenvalue weighted by Crippen LogP contribution is -2.59. The predicted octanol–water partition coefficient (Wildman–Crippen LogP) is 4.65.